The summed E-state index contributed by atoms with van der Waals surface area (Å²) in [6.07, 6.45) is 0. The van der Waals surface area contributed by atoms with E-state index < -0.39 is 0 Å². The van der Waals surface area contributed by atoms with Crippen LogP contribution in [0.2, 0.25) is 0 Å². The summed E-state index contributed by atoms with van der Waals surface area (Å²) in [4.78, 5) is 0. The first-order valence-electron chi connectivity index (χ1n) is 5.39. The SMILES string of the molecule is C[C@H](NCc1ccccc1)C(C)(C)CF. The van der Waals surface area contributed by atoms with Gasteiger partial charge >= 0.3 is 0 Å². The highest BCUT2D eigenvalue weighted by Crippen LogP contribution is 2.21. The first-order valence-corrected chi connectivity index (χ1v) is 5.39. The first-order chi connectivity index (χ1) is 7.06. The lowest BCUT2D eigenvalue weighted by Crippen LogP contribution is -2.40. The molecule has 2 heteroatoms. The summed E-state index contributed by atoms with van der Waals surface area (Å²) in [5.41, 5.74) is 0.938. The molecule has 0 aliphatic heterocycles. The smallest absolute Gasteiger partial charge is 0.0960 e. The van der Waals surface area contributed by atoms with Crippen molar-refractivity contribution < 1.29 is 4.39 Å². The van der Waals surface area contributed by atoms with Crippen molar-refractivity contribution in [3.05, 3.63) is 35.9 Å². The molecule has 0 bridgehead atoms. The molecule has 0 saturated carbocycles. The van der Waals surface area contributed by atoms with Crippen LogP contribution in [0, 0.1) is 5.41 Å². The van der Waals surface area contributed by atoms with E-state index in [1.165, 1.54) is 5.56 Å². The van der Waals surface area contributed by atoms with Gasteiger partial charge in [0.2, 0.25) is 0 Å². The van der Waals surface area contributed by atoms with Crippen LogP contribution >= 0.6 is 0 Å². The summed E-state index contributed by atoms with van der Waals surface area (Å²) in [6, 6.07) is 10.3. The number of benzene rings is 1. The minimum absolute atomic E-state index is 0.169. The third-order valence-corrected chi connectivity index (χ3v) is 2.97. The van der Waals surface area contributed by atoms with Crippen LogP contribution in [0.1, 0.15) is 26.3 Å². The number of hydrogen-bond donors (Lipinski definition) is 1. The van der Waals surface area contributed by atoms with Gasteiger partial charge in [-0.2, -0.15) is 0 Å². The minimum Gasteiger partial charge on any atom is -0.310 e. The molecule has 1 aromatic rings. The van der Waals surface area contributed by atoms with E-state index in [-0.39, 0.29) is 18.1 Å². The Kier molecular flexibility index (Phi) is 4.28. The zero-order valence-electron chi connectivity index (χ0n) is 9.76. The Bertz CT molecular complexity index is 282. The van der Waals surface area contributed by atoms with E-state index >= 15 is 0 Å². The van der Waals surface area contributed by atoms with Crippen molar-refractivity contribution >= 4 is 0 Å². The fraction of sp³-hybridized carbons (Fsp3) is 0.538. The highest BCUT2D eigenvalue weighted by molar-refractivity contribution is 5.14. The highest BCUT2D eigenvalue weighted by atomic mass is 19.1. The van der Waals surface area contributed by atoms with Crippen LogP contribution in [-0.2, 0) is 6.54 Å². The van der Waals surface area contributed by atoms with E-state index in [0.29, 0.717) is 0 Å². The molecule has 1 aromatic carbocycles. The molecule has 0 fully saturated rings. The van der Waals surface area contributed by atoms with Gasteiger partial charge in [-0.05, 0) is 12.5 Å². The Labute approximate surface area is 91.7 Å². The monoisotopic (exact) mass is 209 g/mol. The van der Waals surface area contributed by atoms with Crippen LogP contribution in [0.3, 0.4) is 0 Å². The lowest BCUT2D eigenvalue weighted by atomic mass is 9.87. The quantitative estimate of drug-likeness (QED) is 0.785. The largest absolute Gasteiger partial charge is 0.310 e. The highest BCUT2D eigenvalue weighted by Gasteiger charge is 2.25. The standard InChI is InChI=1S/C13H20FN/c1-11(13(2,3)10-14)15-9-12-7-5-4-6-8-12/h4-8,11,15H,9-10H2,1-3H3/t11-/m0/s1. The molecule has 0 unspecified atom stereocenters. The zero-order valence-corrected chi connectivity index (χ0v) is 9.76. The summed E-state index contributed by atoms with van der Waals surface area (Å²) >= 11 is 0. The minimum atomic E-state index is -0.297. The molecule has 0 amide bonds. The second-order valence-corrected chi connectivity index (χ2v) is 4.71. The molecule has 0 aliphatic rings. The van der Waals surface area contributed by atoms with Gasteiger partial charge < -0.3 is 5.32 Å². The van der Waals surface area contributed by atoms with Crippen molar-refractivity contribution in [3.8, 4) is 0 Å². The average Bonchev–Trinajstić information content (AvgIpc) is 2.27. The maximum atomic E-state index is 12.7. The fourth-order valence-electron chi connectivity index (χ4n) is 1.26. The lowest BCUT2D eigenvalue weighted by Gasteiger charge is -2.29. The molecule has 84 valence electrons. The Morgan fingerprint density at radius 1 is 1.27 bits per heavy atom. The maximum Gasteiger partial charge on any atom is 0.0960 e. The molecule has 0 radical (unpaired) electrons. The molecule has 0 saturated heterocycles. The molecule has 0 aliphatic carbocycles. The van der Waals surface area contributed by atoms with Gasteiger partial charge in [-0.1, -0.05) is 44.2 Å². The molecule has 1 rings (SSSR count). The zero-order chi connectivity index (χ0) is 11.3. The summed E-state index contributed by atoms with van der Waals surface area (Å²) in [5, 5.41) is 3.35. The normalized spacial score (nSPS) is 13.9. The molecular formula is C13H20FN. The predicted octanol–water partition coefficient (Wildman–Crippen LogP) is 3.16. The van der Waals surface area contributed by atoms with Crippen LogP contribution in [0.15, 0.2) is 30.3 Å². The molecule has 1 nitrogen and oxygen atoms in total. The van der Waals surface area contributed by atoms with E-state index in [4.69, 9.17) is 0 Å². The lowest BCUT2D eigenvalue weighted by molar-refractivity contribution is 0.191. The van der Waals surface area contributed by atoms with Gasteiger partial charge in [-0.25, -0.2) is 0 Å². The van der Waals surface area contributed by atoms with Crippen LogP contribution < -0.4 is 5.32 Å². The van der Waals surface area contributed by atoms with Crippen LogP contribution in [0.5, 0.6) is 0 Å². The topological polar surface area (TPSA) is 12.0 Å². The number of nitrogens with one attached hydrogen (secondary N) is 1. The molecule has 15 heavy (non-hydrogen) atoms. The molecular weight excluding hydrogens is 189 g/mol. The van der Waals surface area contributed by atoms with Gasteiger partial charge in [-0.15, -0.1) is 0 Å². The molecule has 0 aromatic heterocycles. The van der Waals surface area contributed by atoms with Crippen molar-refractivity contribution in [2.45, 2.75) is 33.4 Å². The number of rotatable bonds is 5. The van der Waals surface area contributed by atoms with Crippen LogP contribution in [0.4, 0.5) is 4.39 Å². The van der Waals surface area contributed by atoms with Gasteiger partial charge in [0.15, 0.2) is 0 Å². The fourth-order valence-corrected chi connectivity index (χ4v) is 1.26. The van der Waals surface area contributed by atoms with Crippen LogP contribution in [0.25, 0.3) is 0 Å². The van der Waals surface area contributed by atoms with Gasteiger partial charge in [-0.3, -0.25) is 4.39 Å². The number of alkyl halides is 1. The number of hydrogen-bond acceptors (Lipinski definition) is 1. The Morgan fingerprint density at radius 2 is 1.87 bits per heavy atom. The third kappa shape index (κ3) is 3.63. The molecule has 1 N–H and O–H groups in total. The Morgan fingerprint density at radius 3 is 2.40 bits per heavy atom. The van der Waals surface area contributed by atoms with E-state index in [0.717, 1.165) is 6.54 Å². The first kappa shape index (κ1) is 12.2. The van der Waals surface area contributed by atoms with Gasteiger partial charge in [0, 0.05) is 18.0 Å². The molecule has 0 spiro atoms. The van der Waals surface area contributed by atoms with Gasteiger partial charge in [0.25, 0.3) is 0 Å². The van der Waals surface area contributed by atoms with Crippen molar-refractivity contribution in [1.29, 1.82) is 0 Å². The van der Waals surface area contributed by atoms with Gasteiger partial charge in [0.1, 0.15) is 0 Å². The third-order valence-electron chi connectivity index (χ3n) is 2.97. The van der Waals surface area contributed by atoms with Crippen molar-refractivity contribution in [3.63, 3.8) is 0 Å². The molecule has 0 heterocycles. The maximum absolute atomic E-state index is 12.7. The number of halogens is 1. The summed E-state index contributed by atoms with van der Waals surface area (Å²) in [6.45, 7) is 6.41. The van der Waals surface area contributed by atoms with Crippen molar-refractivity contribution in [2.24, 2.45) is 5.41 Å². The predicted molar refractivity (Wildman–Crippen MR) is 62.5 cm³/mol. The van der Waals surface area contributed by atoms with Crippen LogP contribution in [-0.4, -0.2) is 12.7 Å². The van der Waals surface area contributed by atoms with Crippen molar-refractivity contribution in [2.75, 3.05) is 6.67 Å². The van der Waals surface area contributed by atoms with E-state index in [2.05, 4.69) is 17.4 Å². The second kappa shape index (κ2) is 5.26. The van der Waals surface area contributed by atoms with E-state index in [9.17, 15) is 4.39 Å². The summed E-state index contributed by atoms with van der Waals surface area (Å²) in [5.74, 6) is 0. The Hall–Kier alpha value is -0.890. The Balaban J connectivity index is 2.44. The summed E-state index contributed by atoms with van der Waals surface area (Å²) < 4.78 is 12.7. The average molecular weight is 209 g/mol. The molecule has 1 atom stereocenters. The van der Waals surface area contributed by atoms with E-state index in [1.807, 2.05) is 39.0 Å². The van der Waals surface area contributed by atoms with Gasteiger partial charge in [0.05, 0.1) is 6.67 Å². The van der Waals surface area contributed by atoms with E-state index in [1.54, 1.807) is 0 Å². The second-order valence-electron chi connectivity index (χ2n) is 4.71. The van der Waals surface area contributed by atoms with Crippen molar-refractivity contribution in [1.82, 2.24) is 5.32 Å². The summed E-state index contributed by atoms with van der Waals surface area (Å²) in [7, 11) is 0.